The largest absolute Gasteiger partial charge is 0.413 e. The van der Waals surface area contributed by atoms with Gasteiger partial charge in [0.1, 0.15) is 0 Å². The molecule has 1 aliphatic rings. The maximum Gasteiger partial charge on any atom is 0.171 e. The van der Waals surface area contributed by atoms with Crippen molar-refractivity contribution < 1.29 is 9.53 Å². The molecule has 2 atom stereocenters. The Morgan fingerprint density at radius 3 is 2.50 bits per heavy atom. The first-order valence-corrected chi connectivity index (χ1v) is 9.13. The van der Waals surface area contributed by atoms with Crippen LogP contribution in [0.5, 0.6) is 0 Å². The average molecular weight is 242 g/mol. The second kappa shape index (κ2) is 5.47. The molecule has 1 rings (SSSR count). The quantitative estimate of drug-likeness (QED) is 0.609. The average Bonchev–Trinajstić information content (AvgIpc) is 2.12. The van der Waals surface area contributed by atoms with Crippen molar-refractivity contribution in [2.45, 2.75) is 65.3 Å². The van der Waals surface area contributed by atoms with E-state index in [1.807, 2.05) is 6.08 Å². The SMILES string of the molecule is C[SiH](C)OC(C1=CC(O)CCC1)C(C)(C)C. The molecule has 0 saturated heterocycles. The predicted molar refractivity (Wildman–Crippen MR) is 71.1 cm³/mol. The molecular weight excluding hydrogens is 216 g/mol. The predicted octanol–water partition coefficient (Wildman–Crippen LogP) is 2.87. The normalized spacial score (nSPS) is 24.4. The smallest absolute Gasteiger partial charge is 0.171 e. The van der Waals surface area contributed by atoms with Crippen LogP contribution in [-0.2, 0) is 4.43 Å². The standard InChI is InChI=1S/C13H26O2Si/c1-13(2,3)12(15-16(4)5)10-7-6-8-11(14)9-10/h9,11-12,14,16H,6-8H2,1-5H3. The van der Waals surface area contributed by atoms with Gasteiger partial charge in [-0.2, -0.15) is 0 Å². The number of rotatable bonds is 3. The van der Waals surface area contributed by atoms with Crippen LogP contribution in [0.4, 0.5) is 0 Å². The molecule has 0 bridgehead atoms. The molecule has 1 aliphatic carbocycles. The van der Waals surface area contributed by atoms with Crippen LogP contribution in [0.25, 0.3) is 0 Å². The van der Waals surface area contributed by atoms with Gasteiger partial charge >= 0.3 is 0 Å². The van der Waals surface area contributed by atoms with Crippen LogP contribution >= 0.6 is 0 Å². The number of aliphatic hydroxyl groups excluding tert-OH is 1. The minimum absolute atomic E-state index is 0.125. The molecule has 3 heteroatoms. The molecule has 0 saturated carbocycles. The second-order valence-electron chi connectivity index (χ2n) is 6.13. The molecule has 16 heavy (non-hydrogen) atoms. The molecule has 2 unspecified atom stereocenters. The van der Waals surface area contributed by atoms with Gasteiger partial charge in [0.05, 0.1) is 12.2 Å². The Labute approximate surface area is 101 Å². The first kappa shape index (κ1) is 13.9. The van der Waals surface area contributed by atoms with Gasteiger partial charge in [-0.15, -0.1) is 0 Å². The monoisotopic (exact) mass is 242 g/mol. The van der Waals surface area contributed by atoms with Crippen LogP contribution in [-0.4, -0.2) is 26.4 Å². The number of hydrogen-bond donors (Lipinski definition) is 1. The first-order chi connectivity index (χ1) is 7.30. The molecular formula is C13H26O2Si. The van der Waals surface area contributed by atoms with E-state index in [1.54, 1.807) is 0 Å². The summed E-state index contributed by atoms with van der Waals surface area (Å²) in [5, 5.41) is 9.71. The first-order valence-electron chi connectivity index (χ1n) is 6.35. The van der Waals surface area contributed by atoms with Gasteiger partial charge in [0.25, 0.3) is 0 Å². The van der Waals surface area contributed by atoms with Crippen molar-refractivity contribution in [3.63, 3.8) is 0 Å². The lowest BCUT2D eigenvalue weighted by Gasteiger charge is -2.36. The molecule has 0 spiro atoms. The molecule has 94 valence electrons. The fourth-order valence-electron chi connectivity index (χ4n) is 2.27. The van der Waals surface area contributed by atoms with Crippen molar-refractivity contribution >= 4 is 9.04 Å². The zero-order chi connectivity index (χ0) is 12.3. The summed E-state index contributed by atoms with van der Waals surface area (Å²) in [6, 6.07) is 0. The molecule has 0 aromatic heterocycles. The molecule has 0 radical (unpaired) electrons. The highest BCUT2D eigenvalue weighted by Gasteiger charge is 2.30. The van der Waals surface area contributed by atoms with E-state index in [4.69, 9.17) is 4.43 Å². The van der Waals surface area contributed by atoms with Gasteiger partial charge in [0.15, 0.2) is 9.04 Å². The summed E-state index contributed by atoms with van der Waals surface area (Å²) in [5.41, 5.74) is 1.44. The molecule has 0 amide bonds. The summed E-state index contributed by atoms with van der Waals surface area (Å²) in [5.74, 6) is 0. The molecule has 0 aliphatic heterocycles. The van der Waals surface area contributed by atoms with Crippen LogP contribution in [0.2, 0.25) is 13.1 Å². The van der Waals surface area contributed by atoms with Crippen LogP contribution < -0.4 is 0 Å². The van der Waals surface area contributed by atoms with E-state index in [9.17, 15) is 5.11 Å². The van der Waals surface area contributed by atoms with Crippen molar-refractivity contribution in [3.8, 4) is 0 Å². The van der Waals surface area contributed by atoms with Crippen molar-refractivity contribution in [3.05, 3.63) is 11.6 Å². The van der Waals surface area contributed by atoms with Crippen molar-refractivity contribution in [2.24, 2.45) is 5.41 Å². The molecule has 1 N–H and O–H groups in total. The zero-order valence-electron chi connectivity index (χ0n) is 11.3. The van der Waals surface area contributed by atoms with E-state index < -0.39 is 9.04 Å². The summed E-state index contributed by atoms with van der Waals surface area (Å²) in [4.78, 5) is 0. The molecule has 2 nitrogen and oxygen atoms in total. The Kier molecular flexibility index (Phi) is 4.77. The highest BCUT2D eigenvalue weighted by Crippen LogP contribution is 2.33. The third kappa shape index (κ3) is 4.04. The van der Waals surface area contributed by atoms with Crippen LogP contribution in [0.1, 0.15) is 40.0 Å². The summed E-state index contributed by atoms with van der Waals surface area (Å²) in [7, 11) is -1.04. The topological polar surface area (TPSA) is 29.5 Å². The Morgan fingerprint density at radius 1 is 1.44 bits per heavy atom. The van der Waals surface area contributed by atoms with Gasteiger partial charge in [-0.3, -0.25) is 0 Å². The van der Waals surface area contributed by atoms with E-state index in [1.165, 1.54) is 5.57 Å². The van der Waals surface area contributed by atoms with E-state index >= 15 is 0 Å². The van der Waals surface area contributed by atoms with Crippen molar-refractivity contribution in [1.82, 2.24) is 0 Å². The summed E-state index contributed by atoms with van der Waals surface area (Å²) < 4.78 is 6.16. The van der Waals surface area contributed by atoms with Crippen LogP contribution in [0, 0.1) is 5.41 Å². The molecule has 0 aromatic rings. The van der Waals surface area contributed by atoms with Crippen LogP contribution in [0.3, 0.4) is 0 Å². The van der Waals surface area contributed by atoms with E-state index in [-0.39, 0.29) is 17.6 Å². The molecule has 0 fully saturated rings. The van der Waals surface area contributed by atoms with E-state index in [2.05, 4.69) is 33.9 Å². The minimum atomic E-state index is -1.04. The molecule has 0 aromatic carbocycles. The Morgan fingerprint density at radius 2 is 2.06 bits per heavy atom. The zero-order valence-corrected chi connectivity index (χ0v) is 12.4. The minimum Gasteiger partial charge on any atom is -0.413 e. The molecule has 0 heterocycles. The third-order valence-corrected chi connectivity index (χ3v) is 3.72. The van der Waals surface area contributed by atoms with E-state index in [0.717, 1.165) is 19.3 Å². The second-order valence-corrected chi connectivity index (χ2v) is 8.50. The Bertz CT molecular complexity index is 253. The van der Waals surface area contributed by atoms with Crippen molar-refractivity contribution in [1.29, 1.82) is 0 Å². The lowest BCUT2D eigenvalue weighted by atomic mass is 9.80. The highest BCUT2D eigenvalue weighted by molar-refractivity contribution is 6.48. The maximum atomic E-state index is 9.71. The highest BCUT2D eigenvalue weighted by atomic mass is 28.3. The van der Waals surface area contributed by atoms with Gasteiger partial charge < -0.3 is 9.53 Å². The third-order valence-electron chi connectivity index (χ3n) is 2.90. The lowest BCUT2D eigenvalue weighted by molar-refractivity contribution is 0.107. The number of hydrogen-bond acceptors (Lipinski definition) is 2. The van der Waals surface area contributed by atoms with E-state index in [0.29, 0.717) is 0 Å². The summed E-state index contributed by atoms with van der Waals surface area (Å²) in [6.45, 7) is 11.1. The van der Waals surface area contributed by atoms with Crippen molar-refractivity contribution in [2.75, 3.05) is 0 Å². The Hall–Kier alpha value is -0.123. The maximum absolute atomic E-state index is 9.71. The number of aliphatic hydroxyl groups is 1. The van der Waals surface area contributed by atoms with Gasteiger partial charge in [-0.05, 0) is 43.3 Å². The fraction of sp³-hybridized carbons (Fsp3) is 0.846. The van der Waals surface area contributed by atoms with Gasteiger partial charge in [0, 0.05) is 0 Å². The summed E-state index contributed by atoms with van der Waals surface area (Å²) >= 11 is 0. The van der Waals surface area contributed by atoms with Crippen LogP contribution in [0.15, 0.2) is 11.6 Å². The summed E-state index contributed by atoms with van der Waals surface area (Å²) in [6.07, 6.45) is 5.03. The Balaban J connectivity index is 2.83. The van der Waals surface area contributed by atoms with Gasteiger partial charge in [-0.1, -0.05) is 26.8 Å². The fourth-order valence-corrected chi connectivity index (χ4v) is 3.39. The lowest BCUT2D eigenvalue weighted by Crippen LogP contribution is -2.36. The van der Waals surface area contributed by atoms with Gasteiger partial charge in [-0.25, -0.2) is 0 Å². The van der Waals surface area contributed by atoms with Gasteiger partial charge in [0.2, 0.25) is 0 Å².